The van der Waals surface area contributed by atoms with Crippen LogP contribution in [0.5, 0.6) is 0 Å². The van der Waals surface area contributed by atoms with Crippen molar-refractivity contribution < 1.29 is 8.42 Å². The maximum Gasteiger partial charge on any atom is 0.243 e. The lowest BCUT2D eigenvalue weighted by molar-refractivity contribution is 0.338. The maximum atomic E-state index is 13.0. The van der Waals surface area contributed by atoms with Gasteiger partial charge >= 0.3 is 0 Å². The van der Waals surface area contributed by atoms with Gasteiger partial charge in [0.25, 0.3) is 0 Å². The first-order valence-corrected chi connectivity index (χ1v) is 9.86. The van der Waals surface area contributed by atoms with E-state index in [-0.39, 0.29) is 17.8 Å². The Hall–Kier alpha value is -0.620. The lowest BCUT2D eigenvalue weighted by atomic mass is 9.87. The van der Waals surface area contributed by atoms with Crippen LogP contribution in [0.2, 0.25) is 0 Å². The van der Waals surface area contributed by atoms with Crippen LogP contribution >= 0.6 is 12.4 Å². The van der Waals surface area contributed by atoms with Crippen LogP contribution < -0.4 is 5.32 Å². The van der Waals surface area contributed by atoms with Crippen molar-refractivity contribution in [3.05, 3.63) is 29.3 Å². The maximum absolute atomic E-state index is 13.0. The molecule has 3 aliphatic rings. The molecule has 4 nitrogen and oxygen atoms in total. The van der Waals surface area contributed by atoms with Gasteiger partial charge in [-0.1, -0.05) is 6.07 Å². The van der Waals surface area contributed by atoms with Gasteiger partial charge in [0, 0.05) is 19.6 Å². The van der Waals surface area contributed by atoms with E-state index >= 15 is 0 Å². The highest BCUT2D eigenvalue weighted by molar-refractivity contribution is 7.89. The molecule has 2 aliphatic heterocycles. The Labute approximate surface area is 145 Å². The summed E-state index contributed by atoms with van der Waals surface area (Å²) < 4.78 is 27.6. The summed E-state index contributed by atoms with van der Waals surface area (Å²) >= 11 is 0. The van der Waals surface area contributed by atoms with Crippen LogP contribution in [0.4, 0.5) is 0 Å². The summed E-state index contributed by atoms with van der Waals surface area (Å²) in [5, 5.41) is 3.39. The Balaban J connectivity index is 0.00000156. The molecule has 1 aromatic rings. The molecule has 128 valence electrons. The van der Waals surface area contributed by atoms with E-state index in [1.54, 1.807) is 4.31 Å². The molecule has 0 amide bonds. The van der Waals surface area contributed by atoms with Crippen LogP contribution in [0, 0.1) is 5.41 Å². The van der Waals surface area contributed by atoms with Crippen molar-refractivity contribution in [3.8, 4) is 0 Å². The zero-order chi connectivity index (χ0) is 15.2. The van der Waals surface area contributed by atoms with E-state index in [1.807, 2.05) is 18.2 Å². The first kappa shape index (κ1) is 17.2. The molecular formula is C17H25ClN2O2S. The molecule has 2 fully saturated rings. The van der Waals surface area contributed by atoms with Crippen LogP contribution in [0.1, 0.15) is 36.8 Å². The second kappa shape index (κ2) is 6.36. The average Bonchev–Trinajstić information content (AvgIpc) is 3.18. The number of hydrogen-bond acceptors (Lipinski definition) is 3. The Kier molecular flexibility index (Phi) is 4.76. The van der Waals surface area contributed by atoms with Gasteiger partial charge in [0.05, 0.1) is 4.90 Å². The largest absolute Gasteiger partial charge is 0.316 e. The van der Waals surface area contributed by atoms with E-state index in [2.05, 4.69) is 5.32 Å². The van der Waals surface area contributed by atoms with Crippen molar-refractivity contribution in [2.75, 3.05) is 26.2 Å². The predicted octanol–water partition coefficient (Wildman–Crippen LogP) is 2.36. The van der Waals surface area contributed by atoms with Crippen LogP contribution in [0.25, 0.3) is 0 Å². The van der Waals surface area contributed by atoms with Crippen LogP contribution in [-0.2, 0) is 22.9 Å². The molecule has 1 spiro atoms. The fraction of sp³-hybridized carbons (Fsp3) is 0.647. The topological polar surface area (TPSA) is 49.4 Å². The molecule has 2 saturated heterocycles. The third kappa shape index (κ3) is 3.04. The first-order chi connectivity index (χ1) is 10.6. The van der Waals surface area contributed by atoms with E-state index < -0.39 is 10.0 Å². The molecule has 0 radical (unpaired) electrons. The number of fused-ring (bicyclic) bond motifs is 1. The number of rotatable bonds is 2. The minimum atomic E-state index is -3.33. The second-order valence-corrected chi connectivity index (χ2v) is 9.09. The van der Waals surface area contributed by atoms with Crippen molar-refractivity contribution in [2.24, 2.45) is 5.41 Å². The second-order valence-electron chi connectivity index (χ2n) is 7.15. The fourth-order valence-electron chi connectivity index (χ4n) is 4.26. The average molecular weight is 357 g/mol. The van der Waals surface area contributed by atoms with Gasteiger partial charge in [-0.05, 0) is 73.7 Å². The SMILES string of the molecule is Cl.O=S(=O)(c1ccc2c(c1)CCCC2)N1CCC2(CCNC2)C1. The van der Waals surface area contributed by atoms with Crippen molar-refractivity contribution >= 4 is 22.4 Å². The summed E-state index contributed by atoms with van der Waals surface area (Å²) in [6.07, 6.45) is 6.60. The summed E-state index contributed by atoms with van der Waals surface area (Å²) in [4.78, 5) is 0.496. The number of hydrogen-bond donors (Lipinski definition) is 1. The molecule has 0 bridgehead atoms. The minimum Gasteiger partial charge on any atom is -0.316 e. The van der Waals surface area contributed by atoms with Crippen molar-refractivity contribution in [1.29, 1.82) is 0 Å². The molecular weight excluding hydrogens is 332 g/mol. The van der Waals surface area contributed by atoms with Crippen molar-refractivity contribution in [1.82, 2.24) is 9.62 Å². The first-order valence-electron chi connectivity index (χ1n) is 8.42. The molecule has 1 aromatic carbocycles. The fourth-order valence-corrected chi connectivity index (χ4v) is 5.87. The Morgan fingerprint density at radius 2 is 1.87 bits per heavy atom. The quantitative estimate of drug-likeness (QED) is 0.885. The van der Waals surface area contributed by atoms with Gasteiger partial charge in [-0.15, -0.1) is 12.4 Å². The lowest BCUT2D eigenvalue weighted by Gasteiger charge is -2.23. The van der Waals surface area contributed by atoms with E-state index in [0.29, 0.717) is 18.0 Å². The summed E-state index contributed by atoms with van der Waals surface area (Å²) in [7, 11) is -3.33. The van der Waals surface area contributed by atoms with Crippen molar-refractivity contribution in [3.63, 3.8) is 0 Å². The molecule has 1 aliphatic carbocycles. The molecule has 2 heterocycles. The van der Waals surface area contributed by atoms with Crippen LogP contribution in [0.15, 0.2) is 23.1 Å². The zero-order valence-electron chi connectivity index (χ0n) is 13.4. The number of aryl methyl sites for hydroxylation is 2. The van der Waals surface area contributed by atoms with Gasteiger partial charge in [-0.25, -0.2) is 8.42 Å². The molecule has 6 heteroatoms. The molecule has 23 heavy (non-hydrogen) atoms. The predicted molar refractivity (Wildman–Crippen MR) is 93.6 cm³/mol. The molecule has 1 unspecified atom stereocenters. The van der Waals surface area contributed by atoms with Crippen LogP contribution in [-0.4, -0.2) is 38.9 Å². The van der Waals surface area contributed by atoms with E-state index in [4.69, 9.17) is 0 Å². The molecule has 1 atom stereocenters. The molecule has 0 saturated carbocycles. The number of nitrogens with zero attached hydrogens (tertiary/aromatic N) is 1. The molecule has 4 rings (SSSR count). The Morgan fingerprint density at radius 3 is 2.61 bits per heavy atom. The Bertz CT molecular complexity index is 684. The summed E-state index contributed by atoms with van der Waals surface area (Å²) in [5.41, 5.74) is 2.76. The van der Waals surface area contributed by atoms with E-state index in [0.717, 1.165) is 38.8 Å². The monoisotopic (exact) mass is 356 g/mol. The number of sulfonamides is 1. The summed E-state index contributed by atoms with van der Waals surface area (Å²) in [6.45, 7) is 3.33. The van der Waals surface area contributed by atoms with E-state index in [1.165, 1.54) is 24.0 Å². The molecule has 0 aromatic heterocycles. The van der Waals surface area contributed by atoms with E-state index in [9.17, 15) is 8.42 Å². The number of nitrogens with one attached hydrogen (secondary N) is 1. The summed E-state index contributed by atoms with van der Waals surface area (Å²) in [5.74, 6) is 0. The number of benzene rings is 1. The van der Waals surface area contributed by atoms with Gasteiger partial charge in [-0.2, -0.15) is 4.31 Å². The summed E-state index contributed by atoms with van der Waals surface area (Å²) in [6, 6.07) is 5.78. The minimum absolute atomic E-state index is 0. The van der Waals surface area contributed by atoms with Gasteiger partial charge < -0.3 is 5.32 Å². The highest BCUT2D eigenvalue weighted by Gasteiger charge is 2.44. The highest BCUT2D eigenvalue weighted by atomic mass is 35.5. The highest BCUT2D eigenvalue weighted by Crippen LogP contribution is 2.38. The third-order valence-corrected chi connectivity index (χ3v) is 7.53. The Morgan fingerprint density at radius 1 is 1.09 bits per heavy atom. The van der Waals surface area contributed by atoms with Gasteiger partial charge in [0.1, 0.15) is 0 Å². The smallest absolute Gasteiger partial charge is 0.243 e. The molecule has 1 N–H and O–H groups in total. The standard InChI is InChI=1S/C17H24N2O2S.ClH/c20-22(21,19-10-8-17(13-19)7-9-18-12-17)16-6-5-14-3-1-2-4-15(14)11-16;/h5-6,11,18H,1-4,7-10,12-13H2;1H. The third-order valence-electron chi connectivity index (χ3n) is 5.69. The number of halogens is 1. The normalized spacial score (nSPS) is 27.8. The van der Waals surface area contributed by atoms with Crippen molar-refractivity contribution in [2.45, 2.75) is 43.4 Å². The van der Waals surface area contributed by atoms with Gasteiger partial charge in [0.2, 0.25) is 10.0 Å². The van der Waals surface area contributed by atoms with Gasteiger partial charge in [-0.3, -0.25) is 0 Å². The zero-order valence-corrected chi connectivity index (χ0v) is 15.0. The lowest BCUT2D eigenvalue weighted by Crippen LogP contribution is -2.33. The van der Waals surface area contributed by atoms with Crippen LogP contribution in [0.3, 0.4) is 0 Å². The van der Waals surface area contributed by atoms with Gasteiger partial charge in [0.15, 0.2) is 0 Å².